The van der Waals surface area contributed by atoms with Crippen LogP contribution < -0.4 is 5.32 Å². The highest BCUT2D eigenvalue weighted by Gasteiger charge is 2.11. The number of rotatable bonds is 6. The van der Waals surface area contributed by atoms with Crippen LogP contribution in [0.5, 0.6) is 0 Å². The van der Waals surface area contributed by atoms with Crippen molar-refractivity contribution < 1.29 is 5.11 Å². The van der Waals surface area contributed by atoms with Gasteiger partial charge in [-0.1, -0.05) is 42.5 Å². The summed E-state index contributed by atoms with van der Waals surface area (Å²) in [5.41, 5.74) is 4.78. The van der Waals surface area contributed by atoms with Gasteiger partial charge in [-0.05, 0) is 47.4 Å². The number of aliphatic hydroxyl groups is 1. The average Bonchev–Trinajstić information content (AvgIpc) is 2.72. The predicted molar refractivity (Wildman–Crippen MR) is 102 cm³/mol. The van der Waals surface area contributed by atoms with Crippen LogP contribution in [0.15, 0.2) is 73.1 Å². The SMILES string of the molecule is CC(NCC(O)c1ccc(C#N)cc1)c1ccc(-c2cccnc2)cc1. The van der Waals surface area contributed by atoms with Gasteiger partial charge in [0.1, 0.15) is 0 Å². The number of hydrogen-bond donors (Lipinski definition) is 2. The molecule has 0 aliphatic heterocycles. The highest BCUT2D eigenvalue weighted by molar-refractivity contribution is 5.62. The Hall–Kier alpha value is -3.00. The van der Waals surface area contributed by atoms with Gasteiger partial charge in [0.05, 0.1) is 17.7 Å². The minimum absolute atomic E-state index is 0.117. The molecule has 0 saturated heterocycles. The van der Waals surface area contributed by atoms with E-state index in [-0.39, 0.29) is 6.04 Å². The molecule has 2 N–H and O–H groups in total. The van der Waals surface area contributed by atoms with Gasteiger partial charge in [-0.15, -0.1) is 0 Å². The predicted octanol–water partition coefficient (Wildman–Crippen LogP) is 4.00. The first-order chi connectivity index (χ1) is 12.7. The lowest BCUT2D eigenvalue weighted by Gasteiger charge is -2.18. The molecule has 0 fully saturated rings. The minimum Gasteiger partial charge on any atom is -0.387 e. The maximum atomic E-state index is 10.3. The molecule has 3 aromatic rings. The maximum Gasteiger partial charge on any atom is 0.0991 e. The second kappa shape index (κ2) is 8.39. The second-order valence-electron chi connectivity index (χ2n) is 6.24. The van der Waals surface area contributed by atoms with E-state index in [1.165, 1.54) is 0 Å². The van der Waals surface area contributed by atoms with E-state index in [9.17, 15) is 5.11 Å². The molecule has 2 aromatic carbocycles. The molecule has 0 spiro atoms. The monoisotopic (exact) mass is 343 g/mol. The maximum absolute atomic E-state index is 10.3. The van der Waals surface area contributed by atoms with Crippen LogP contribution in [0, 0.1) is 11.3 Å². The van der Waals surface area contributed by atoms with Crippen LogP contribution in [0.2, 0.25) is 0 Å². The largest absolute Gasteiger partial charge is 0.387 e. The Bertz CT molecular complexity index is 868. The van der Waals surface area contributed by atoms with Crippen molar-refractivity contribution in [2.24, 2.45) is 0 Å². The topological polar surface area (TPSA) is 68.9 Å². The molecule has 0 bridgehead atoms. The molecule has 1 heterocycles. The van der Waals surface area contributed by atoms with E-state index in [2.05, 4.69) is 47.6 Å². The summed E-state index contributed by atoms with van der Waals surface area (Å²) < 4.78 is 0. The fourth-order valence-corrected chi connectivity index (χ4v) is 2.80. The summed E-state index contributed by atoms with van der Waals surface area (Å²) in [6.07, 6.45) is 3.01. The number of pyridine rings is 1. The Kier molecular flexibility index (Phi) is 5.75. The Morgan fingerprint density at radius 3 is 2.31 bits per heavy atom. The highest BCUT2D eigenvalue weighted by Crippen LogP contribution is 2.22. The molecule has 4 nitrogen and oxygen atoms in total. The van der Waals surface area contributed by atoms with Crippen LogP contribution in [0.1, 0.15) is 35.8 Å². The molecule has 2 unspecified atom stereocenters. The third-order valence-corrected chi connectivity index (χ3v) is 4.45. The van der Waals surface area contributed by atoms with Gasteiger partial charge in [0.2, 0.25) is 0 Å². The molecule has 4 heteroatoms. The van der Waals surface area contributed by atoms with Crippen molar-refractivity contribution in [3.63, 3.8) is 0 Å². The van der Waals surface area contributed by atoms with E-state index in [4.69, 9.17) is 5.26 Å². The Morgan fingerprint density at radius 2 is 1.69 bits per heavy atom. The van der Waals surface area contributed by atoms with Crippen molar-refractivity contribution >= 4 is 0 Å². The highest BCUT2D eigenvalue weighted by atomic mass is 16.3. The number of aromatic nitrogens is 1. The Morgan fingerprint density at radius 1 is 1.00 bits per heavy atom. The molecule has 0 aliphatic carbocycles. The minimum atomic E-state index is -0.611. The molecule has 0 amide bonds. The van der Waals surface area contributed by atoms with Crippen LogP contribution in [0.4, 0.5) is 0 Å². The average molecular weight is 343 g/mol. The molecule has 26 heavy (non-hydrogen) atoms. The molecule has 0 aliphatic rings. The van der Waals surface area contributed by atoms with E-state index >= 15 is 0 Å². The number of nitriles is 1. The van der Waals surface area contributed by atoms with Crippen LogP contribution in [-0.2, 0) is 0 Å². The zero-order valence-corrected chi connectivity index (χ0v) is 14.6. The van der Waals surface area contributed by atoms with Gasteiger partial charge in [0.25, 0.3) is 0 Å². The quantitative estimate of drug-likeness (QED) is 0.710. The normalized spacial score (nSPS) is 13.0. The molecule has 130 valence electrons. The summed E-state index contributed by atoms with van der Waals surface area (Å²) in [6.45, 7) is 2.52. The van der Waals surface area contributed by atoms with Gasteiger partial charge in [0, 0.05) is 25.0 Å². The first-order valence-electron chi connectivity index (χ1n) is 8.59. The van der Waals surface area contributed by atoms with Crippen molar-refractivity contribution in [3.05, 3.63) is 89.7 Å². The lowest BCUT2D eigenvalue weighted by atomic mass is 10.0. The molecule has 3 rings (SSSR count). The zero-order chi connectivity index (χ0) is 18.4. The fraction of sp³-hybridized carbons (Fsp3) is 0.182. The van der Waals surface area contributed by atoms with Gasteiger partial charge < -0.3 is 10.4 Å². The zero-order valence-electron chi connectivity index (χ0n) is 14.6. The first kappa shape index (κ1) is 17.8. The van der Waals surface area contributed by atoms with Gasteiger partial charge in [0.15, 0.2) is 0 Å². The standard InChI is InChI=1S/C22H21N3O/c1-16(25-15-22(26)20-6-4-17(13-23)5-7-20)18-8-10-19(11-9-18)21-3-2-12-24-14-21/h2-12,14,16,22,25-26H,15H2,1H3. The van der Waals surface area contributed by atoms with E-state index in [1.54, 1.807) is 30.5 Å². The summed E-state index contributed by atoms with van der Waals surface area (Å²) in [7, 11) is 0. The Balaban J connectivity index is 1.59. The summed E-state index contributed by atoms with van der Waals surface area (Å²) in [5.74, 6) is 0. The van der Waals surface area contributed by atoms with E-state index < -0.39 is 6.10 Å². The molecule has 0 saturated carbocycles. The number of benzene rings is 2. The number of nitrogens with zero attached hydrogens (tertiary/aromatic N) is 2. The van der Waals surface area contributed by atoms with E-state index in [0.717, 1.165) is 22.3 Å². The summed E-state index contributed by atoms with van der Waals surface area (Å²) in [5, 5.41) is 22.5. The van der Waals surface area contributed by atoms with Crippen molar-refractivity contribution in [1.82, 2.24) is 10.3 Å². The number of hydrogen-bond acceptors (Lipinski definition) is 4. The third kappa shape index (κ3) is 4.34. The lowest BCUT2D eigenvalue weighted by molar-refractivity contribution is 0.171. The van der Waals surface area contributed by atoms with Crippen molar-refractivity contribution in [1.29, 1.82) is 5.26 Å². The Labute approximate surface area is 153 Å². The smallest absolute Gasteiger partial charge is 0.0991 e. The molecular weight excluding hydrogens is 322 g/mol. The molecule has 1 aromatic heterocycles. The number of nitrogens with one attached hydrogen (secondary N) is 1. The second-order valence-corrected chi connectivity index (χ2v) is 6.24. The summed E-state index contributed by atoms with van der Waals surface area (Å²) in [4.78, 5) is 4.15. The van der Waals surface area contributed by atoms with Crippen molar-refractivity contribution in [2.45, 2.75) is 19.1 Å². The first-order valence-corrected chi connectivity index (χ1v) is 8.59. The van der Waals surface area contributed by atoms with Gasteiger partial charge in [-0.3, -0.25) is 4.98 Å². The van der Waals surface area contributed by atoms with Gasteiger partial charge in [-0.25, -0.2) is 0 Å². The lowest BCUT2D eigenvalue weighted by Crippen LogP contribution is -2.24. The van der Waals surface area contributed by atoms with Crippen LogP contribution in [-0.4, -0.2) is 16.6 Å². The van der Waals surface area contributed by atoms with Crippen LogP contribution >= 0.6 is 0 Å². The molecule has 2 atom stereocenters. The van der Waals surface area contributed by atoms with Gasteiger partial charge in [-0.2, -0.15) is 5.26 Å². The van der Waals surface area contributed by atoms with Crippen LogP contribution in [0.3, 0.4) is 0 Å². The van der Waals surface area contributed by atoms with Crippen molar-refractivity contribution in [3.8, 4) is 17.2 Å². The van der Waals surface area contributed by atoms with E-state index in [1.807, 2.05) is 18.3 Å². The molecular formula is C22H21N3O. The van der Waals surface area contributed by atoms with Crippen molar-refractivity contribution in [2.75, 3.05) is 6.54 Å². The molecule has 0 radical (unpaired) electrons. The third-order valence-electron chi connectivity index (χ3n) is 4.45. The fourth-order valence-electron chi connectivity index (χ4n) is 2.80. The summed E-state index contributed by atoms with van der Waals surface area (Å²) in [6, 6.07) is 21.5. The van der Waals surface area contributed by atoms with E-state index in [0.29, 0.717) is 12.1 Å². The number of aliphatic hydroxyl groups excluding tert-OH is 1. The van der Waals surface area contributed by atoms with Crippen LogP contribution in [0.25, 0.3) is 11.1 Å². The summed E-state index contributed by atoms with van der Waals surface area (Å²) >= 11 is 0. The van der Waals surface area contributed by atoms with Gasteiger partial charge >= 0.3 is 0 Å².